The van der Waals surface area contributed by atoms with Crippen LogP contribution in [0.1, 0.15) is 17.3 Å². The summed E-state index contributed by atoms with van der Waals surface area (Å²) in [4.78, 5) is 27.0. The summed E-state index contributed by atoms with van der Waals surface area (Å²) >= 11 is 3.28. The Bertz CT molecular complexity index is 539. The van der Waals surface area contributed by atoms with Crippen molar-refractivity contribution in [3.8, 4) is 0 Å². The minimum absolute atomic E-state index is 0.0730. The third-order valence-electron chi connectivity index (χ3n) is 2.25. The second kappa shape index (κ2) is 5.30. The molecule has 0 spiro atoms. The Balaban J connectivity index is 2.06. The summed E-state index contributed by atoms with van der Waals surface area (Å²) in [5.74, 6) is -0.920. The Labute approximate surface area is 112 Å². The van der Waals surface area contributed by atoms with Gasteiger partial charge in [0, 0.05) is 4.47 Å². The molecule has 94 valence electrons. The zero-order chi connectivity index (χ0) is 13.1. The second-order valence-corrected chi connectivity index (χ2v) is 4.42. The summed E-state index contributed by atoms with van der Waals surface area (Å²) in [7, 11) is 0. The number of nitrogens with zero attached hydrogens (tertiary/aromatic N) is 1. The number of esters is 1. The number of ether oxygens (including phenoxy) is 2. The van der Waals surface area contributed by atoms with Gasteiger partial charge >= 0.3 is 5.97 Å². The van der Waals surface area contributed by atoms with E-state index in [1.54, 1.807) is 25.1 Å². The topological polar surface area (TPSA) is 65.0 Å². The first-order valence-corrected chi connectivity index (χ1v) is 6.12. The molecule has 1 aromatic rings. The van der Waals surface area contributed by atoms with Gasteiger partial charge in [-0.05, 0) is 25.1 Å². The van der Waals surface area contributed by atoms with Crippen LogP contribution < -0.4 is 0 Å². The number of benzene rings is 1. The van der Waals surface area contributed by atoms with Crippen molar-refractivity contribution in [1.82, 2.24) is 0 Å². The predicted octanol–water partition coefficient (Wildman–Crippen LogP) is 2.26. The monoisotopic (exact) mass is 311 g/mol. The van der Waals surface area contributed by atoms with Crippen molar-refractivity contribution in [2.45, 2.75) is 6.92 Å². The normalized spacial score (nSPS) is 13.0. The Hall–Kier alpha value is -1.69. The molecule has 5 nitrogen and oxygen atoms in total. The van der Waals surface area contributed by atoms with Gasteiger partial charge in [0.1, 0.15) is 0 Å². The van der Waals surface area contributed by atoms with Gasteiger partial charge in [-0.2, -0.15) is 0 Å². The lowest BCUT2D eigenvalue weighted by atomic mass is 10.1. The van der Waals surface area contributed by atoms with E-state index in [-0.39, 0.29) is 24.9 Å². The fourth-order valence-corrected chi connectivity index (χ4v) is 1.85. The maximum Gasteiger partial charge on any atom is 0.344 e. The highest BCUT2D eigenvalue weighted by atomic mass is 79.9. The van der Waals surface area contributed by atoms with E-state index < -0.39 is 5.97 Å². The summed E-state index contributed by atoms with van der Waals surface area (Å²) in [5.41, 5.74) is 1.00. The first-order valence-electron chi connectivity index (χ1n) is 5.33. The predicted molar refractivity (Wildman–Crippen MR) is 68.2 cm³/mol. The highest BCUT2D eigenvalue weighted by Gasteiger charge is 2.27. The van der Waals surface area contributed by atoms with E-state index in [0.29, 0.717) is 11.3 Å². The van der Waals surface area contributed by atoms with Crippen molar-refractivity contribution in [3.63, 3.8) is 0 Å². The lowest BCUT2D eigenvalue weighted by Gasteiger charge is -2.03. The number of fused-ring (bicyclic) bond motifs is 1. The number of aliphatic imine (C=N–C) groups is 1. The van der Waals surface area contributed by atoms with Crippen molar-refractivity contribution in [2.24, 2.45) is 4.99 Å². The van der Waals surface area contributed by atoms with Crippen LogP contribution in [0.5, 0.6) is 0 Å². The minimum atomic E-state index is -0.523. The summed E-state index contributed by atoms with van der Waals surface area (Å²) in [5, 5.41) is 0. The van der Waals surface area contributed by atoms with Crippen LogP contribution in [-0.4, -0.2) is 30.9 Å². The summed E-state index contributed by atoms with van der Waals surface area (Å²) in [6.07, 6.45) is 0. The average molecular weight is 312 g/mol. The largest absolute Gasteiger partial charge is 0.463 e. The SMILES string of the molecule is CCOC(=O)COC1=Nc2ccc(Br)cc2C1=O. The molecule has 0 amide bonds. The van der Waals surface area contributed by atoms with Crippen LogP contribution in [0.25, 0.3) is 0 Å². The highest BCUT2D eigenvalue weighted by Crippen LogP contribution is 2.29. The molecular weight excluding hydrogens is 302 g/mol. The number of carbonyl (C=O) groups is 2. The van der Waals surface area contributed by atoms with Crippen molar-refractivity contribution >= 4 is 39.3 Å². The molecule has 0 saturated heterocycles. The molecule has 2 rings (SSSR count). The van der Waals surface area contributed by atoms with Gasteiger partial charge in [0.05, 0.1) is 17.9 Å². The van der Waals surface area contributed by atoms with Crippen molar-refractivity contribution in [2.75, 3.05) is 13.2 Å². The van der Waals surface area contributed by atoms with Crippen LogP contribution in [0.2, 0.25) is 0 Å². The molecule has 0 radical (unpaired) electrons. The van der Waals surface area contributed by atoms with E-state index in [0.717, 1.165) is 4.47 Å². The zero-order valence-corrected chi connectivity index (χ0v) is 11.2. The van der Waals surface area contributed by atoms with Crippen LogP contribution in [0.4, 0.5) is 5.69 Å². The molecule has 1 heterocycles. The average Bonchev–Trinajstić information content (AvgIpc) is 2.64. The number of Topliss-reactive ketones (excluding diaryl/α,β-unsaturated/α-hetero) is 1. The number of carbonyl (C=O) groups excluding carboxylic acids is 2. The van der Waals surface area contributed by atoms with Gasteiger partial charge in [0.2, 0.25) is 5.78 Å². The van der Waals surface area contributed by atoms with Crippen molar-refractivity contribution in [1.29, 1.82) is 0 Å². The molecule has 0 aliphatic carbocycles. The van der Waals surface area contributed by atoms with Gasteiger partial charge < -0.3 is 9.47 Å². The Kier molecular flexibility index (Phi) is 3.76. The van der Waals surface area contributed by atoms with Crippen molar-refractivity contribution < 1.29 is 19.1 Å². The molecule has 18 heavy (non-hydrogen) atoms. The molecule has 0 fully saturated rings. The molecule has 0 atom stereocenters. The molecule has 6 heteroatoms. The molecule has 1 aliphatic heterocycles. The van der Waals surface area contributed by atoms with Crippen LogP contribution in [0, 0.1) is 0 Å². The molecule has 1 aromatic carbocycles. The lowest BCUT2D eigenvalue weighted by molar-refractivity contribution is -0.145. The zero-order valence-electron chi connectivity index (χ0n) is 9.60. The fourth-order valence-electron chi connectivity index (χ4n) is 1.49. The third-order valence-corrected chi connectivity index (χ3v) is 2.74. The van der Waals surface area contributed by atoms with Gasteiger partial charge in [-0.15, -0.1) is 0 Å². The van der Waals surface area contributed by atoms with Gasteiger partial charge in [-0.1, -0.05) is 15.9 Å². The second-order valence-electron chi connectivity index (χ2n) is 3.50. The van der Waals surface area contributed by atoms with E-state index in [2.05, 4.69) is 20.9 Å². The quantitative estimate of drug-likeness (QED) is 0.803. The highest BCUT2D eigenvalue weighted by molar-refractivity contribution is 9.10. The van der Waals surface area contributed by atoms with E-state index >= 15 is 0 Å². The van der Waals surface area contributed by atoms with Crippen LogP contribution in [0.15, 0.2) is 27.7 Å². The molecule has 0 unspecified atom stereocenters. The van der Waals surface area contributed by atoms with E-state index in [1.165, 1.54) is 0 Å². The van der Waals surface area contributed by atoms with Gasteiger partial charge in [-0.25, -0.2) is 9.79 Å². The van der Waals surface area contributed by atoms with Crippen LogP contribution in [0.3, 0.4) is 0 Å². The molecular formula is C12H10BrNO4. The smallest absolute Gasteiger partial charge is 0.344 e. The van der Waals surface area contributed by atoms with Gasteiger partial charge in [0.15, 0.2) is 6.61 Å². The molecule has 0 saturated carbocycles. The first-order chi connectivity index (χ1) is 8.61. The third kappa shape index (κ3) is 2.59. The number of halogens is 1. The Morgan fingerprint density at radius 3 is 2.94 bits per heavy atom. The maximum absolute atomic E-state index is 11.9. The van der Waals surface area contributed by atoms with E-state index in [9.17, 15) is 9.59 Å². The molecule has 1 aliphatic rings. The van der Waals surface area contributed by atoms with Gasteiger partial charge in [-0.3, -0.25) is 4.79 Å². The first kappa shape index (κ1) is 12.8. The minimum Gasteiger partial charge on any atom is -0.463 e. The number of hydrogen-bond donors (Lipinski definition) is 0. The Morgan fingerprint density at radius 1 is 1.44 bits per heavy atom. The fraction of sp³-hybridized carbons (Fsp3) is 0.250. The van der Waals surface area contributed by atoms with Crippen molar-refractivity contribution in [3.05, 3.63) is 28.2 Å². The number of rotatable bonds is 3. The summed E-state index contributed by atoms with van der Waals surface area (Å²) < 4.78 is 10.5. The summed E-state index contributed by atoms with van der Waals surface area (Å²) in [6.45, 7) is 1.66. The number of ketones is 1. The van der Waals surface area contributed by atoms with Crippen LogP contribution in [-0.2, 0) is 14.3 Å². The van der Waals surface area contributed by atoms with Gasteiger partial charge in [0.25, 0.3) is 5.90 Å². The lowest BCUT2D eigenvalue weighted by Crippen LogP contribution is -2.20. The van der Waals surface area contributed by atoms with Crippen LogP contribution >= 0.6 is 15.9 Å². The molecule has 0 bridgehead atoms. The van der Waals surface area contributed by atoms with E-state index in [4.69, 9.17) is 9.47 Å². The summed E-state index contributed by atoms with van der Waals surface area (Å²) in [6, 6.07) is 5.16. The Morgan fingerprint density at radius 2 is 2.22 bits per heavy atom. The molecule has 0 N–H and O–H groups in total. The maximum atomic E-state index is 11.9. The molecule has 0 aromatic heterocycles. The number of hydrogen-bond acceptors (Lipinski definition) is 5. The standard InChI is InChI=1S/C12H10BrNO4/c1-2-17-10(15)6-18-12-11(16)8-5-7(13)3-4-9(8)14-12/h3-5H,2,6H2,1H3. The van der Waals surface area contributed by atoms with E-state index in [1.807, 2.05) is 0 Å².